The zero-order chi connectivity index (χ0) is 12.8. The molecule has 1 aromatic carbocycles. The van der Waals surface area contributed by atoms with Crippen LogP contribution in [-0.2, 0) is 13.2 Å². The fourth-order valence-corrected chi connectivity index (χ4v) is 2.81. The van der Waals surface area contributed by atoms with Crippen LogP contribution in [0.1, 0.15) is 32.0 Å². The summed E-state index contributed by atoms with van der Waals surface area (Å²) in [6.45, 7) is 3.22. The van der Waals surface area contributed by atoms with Crippen LogP contribution >= 0.6 is 0 Å². The van der Waals surface area contributed by atoms with Gasteiger partial charge in [-0.05, 0) is 36.5 Å². The first kappa shape index (κ1) is 11.5. The van der Waals surface area contributed by atoms with E-state index in [1.165, 1.54) is 19.3 Å². The van der Waals surface area contributed by atoms with E-state index in [4.69, 9.17) is 5.73 Å². The van der Waals surface area contributed by atoms with E-state index in [0.29, 0.717) is 11.1 Å². The largest absolute Gasteiger partial charge is 0.399 e. The highest BCUT2D eigenvalue weighted by Crippen LogP contribution is 2.42. The maximum Gasteiger partial charge on any atom is 0.135 e. The van der Waals surface area contributed by atoms with Crippen molar-refractivity contribution in [2.24, 2.45) is 5.41 Å². The van der Waals surface area contributed by atoms with Crippen LogP contribution < -0.4 is 5.73 Å². The van der Waals surface area contributed by atoms with Gasteiger partial charge in [0.05, 0.1) is 11.0 Å². The summed E-state index contributed by atoms with van der Waals surface area (Å²) in [6, 6.07) is 5.76. The second-order valence-electron chi connectivity index (χ2n) is 5.68. The van der Waals surface area contributed by atoms with E-state index in [1.54, 1.807) is 0 Å². The minimum Gasteiger partial charge on any atom is -0.399 e. The van der Waals surface area contributed by atoms with Crippen LogP contribution in [0.25, 0.3) is 11.0 Å². The van der Waals surface area contributed by atoms with Crippen LogP contribution in [0, 0.1) is 5.41 Å². The number of aliphatic hydroxyl groups is 1. The van der Waals surface area contributed by atoms with Gasteiger partial charge in [-0.15, -0.1) is 0 Å². The van der Waals surface area contributed by atoms with Gasteiger partial charge in [0.25, 0.3) is 0 Å². The monoisotopic (exact) mass is 245 g/mol. The molecule has 0 bridgehead atoms. The highest BCUT2D eigenvalue weighted by atomic mass is 16.3. The third-order valence-electron chi connectivity index (χ3n) is 4.09. The van der Waals surface area contributed by atoms with Gasteiger partial charge in [0, 0.05) is 12.2 Å². The summed E-state index contributed by atoms with van der Waals surface area (Å²) in [4.78, 5) is 4.47. The predicted molar refractivity (Wildman–Crippen MR) is 72.0 cm³/mol. The molecular formula is C14H19N3O. The number of nitrogens with two attached hydrogens (primary N) is 1. The Hall–Kier alpha value is -1.55. The smallest absolute Gasteiger partial charge is 0.135 e. The molecular weight excluding hydrogens is 226 g/mol. The van der Waals surface area contributed by atoms with E-state index < -0.39 is 0 Å². The predicted octanol–water partition coefficient (Wildman–Crippen LogP) is 2.30. The third-order valence-corrected chi connectivity index (χ3v) is 4.09. The third kappa shape index (κ3) is 1.77. The lowest BCUT2D eigenvalue weighted by atomic mass is 9.70. The average molecular weight is 245 g/mol. The summed E-state index contributed by atoms with van der Waals surface area (Å²) >= 11 is 0. The van der Waals surface area contributed by atoms with Gasteiger partial charge in [0.15, 0.2) is 0 Å². The highest BCUT2D eigenvalue weighted by molar-refractivity contribution is 5.79. The maximum atomic E-state index is 9.46. The van der Waals surface area contributed by atoms with Crippen molar-refractivity contribution >= 4 is 16.7 Å². The Morgan fingerprint density at radius 2 is 2.22 bits per heavy atom. The molecule has 1 heterocycles. The van der Waals surface area contributed by atoms with Crippen molar-refractivity contribution in [2.45, 2.75) is 39.3 Å². The number of nitrogens with zero attached hydrogens (tertiary/aromatic N) is 2. The summed E-state index contributed by atoms with van der Waals surface area (Å²) in [7, 11) is 0. The van der Waals surface area contributed by atoms with E-state index in [9.17, 15) is 5.11 Å². The van der Waals surface area contributed by atoms with Gasteiger partial charge >= 0.3 is 0 Å². The molecule has 1 aliphatic rings. The first-order valence-electron chi connectivity index (χ1n) is 6.47. The summed E-state index contributed by atoms with van der Waals surface area (Å²) < 4.78 is 2.15. The number of benzene rings is 1. The van der Waals surface area contributed by atoms with Crippen molar-refractivity contribution in [1.29, 1.82) is 0 Å². The summed E-state index contributed by atoms with van der Waals surface area (Å²) in [5.41, 5.74) is 8.80. The van der Waals surface area contributed by atoms with E-state index in [2.05, 4.69) is 16.5 Å². The number of aliphatic hydroxyl groups excluding tert-OH is 1. The summed E-state index contributed by atoms with van der Waals surface area (Å²) in [5.74, 6) is 0.740. The number of anilines is 1. The molecule has 4 heteroatoms. The summed E-state index contributed by atoms with van der Waals surface area (Å²) in [5, 5.41) is 9.46. The Morgan fingerprint density at radius 3 is 2.83 bits per heavy atom. The van der Waals surface area contributed by atoms with Crippen LogP contribution in [0.15, 0.2) is 18.2 Å². The van der Waals surface area contributed by atoms with Crippen LogP contribution in [-0.4, -0.2) is 14.7 Å². The van der Waals surface area contributed by atoms with E-state index >= 15 is 0 Å². The van der Waals surface area contributed by atoms with Crippen molar-refractivity contribution in [2.75, 3.05) is 5.73 Å². The first-order valence-corrected chi connectivity index (χ1v) is 6.47. The minimum atomic E-state index is -0.0232. The van der Waals surface area contributed by atoms with E-state index in [-0.39, 0.29) is 6.61 Å². The van der Waals surface area contributed by atoms with Crippen LogP contribution in [0.2, 0.25) is 0 Å². The second-order valence-corrected chi connectivity index (χ2v) is 5.68. The molecule has 1 aliphatic carbocycles. The van der Waals surface area contributed by atoms with Gasteiger partial charge in [-0.1, -0.05) is 13.3 Å². The molecule has 3 N–H and O–H groups in total. The van der Waals surface area contributed by atoms with Gasteiger partial charge in [0.1, 0.15) is 12.4 Å². The molecule has 3 rings (SSSR count). The number of fused-ring (bicyclic) bond motifs is 1. The quantitative estimate of drug-likeness (QED) is 0.815. The fourth-order valence-electron chi connectivity index (χ4n) is 2.81. The Bertz CT molecular complexity index is 584. The Labute approximate surface area is 106 Å². The molecule has 0 radical (unpaired) electrons. The number of rotatable bonds is 3. The first-order chi connectivity index (χ1) is 8.61. The molecule has 0 unspecified atom stereocenters. The number of nitrogen functional groups attached to an aromatic ring is 1. The number of imidazole rings is 1. The van der Waals surface area contributed by atoms with E-state index in [0.717, 1.165) is 23.4 Å². The molecule has 1 saturated carbocycles. The minimum absolute atomic E-state index is 0.0232. The second kappa shape index (κ2) is 3.99. The number of aromatic nitrogens is 2. The van der Waals surface area contributed by atoms with Gasteiger partial charge < -0.3 is 15.4 Å². The maximum absolute atomic E-state index is 9.46. The molecule has 0 aliphatic heterocycles. The zero-order valence-corrected chi connectivity index (χ0v) is 10.7. The molecule has 2 aromatic rings. The molecule has 1 fully saturated rings. The molecule has 18 heavy (non-hydrogen) atoms. The lowest BCUT2D eigenvalue weighted by molar-refractivity contribution is 0.129. The molecule has 96 valence electrons. The molecule has 1 aromatic heterocycles. The Morgan fingerprint density at radius 1 is 1.44 bits per heavy atom. The van der Waals surface area contributed by atoms with Crippen molar-refractivity contribution in [3.05, 3.63) is 24.0 Å². The number of hydrogen-bond donors (Lipinski definition) is 2. The average Bonchev–Trinajstić information content (AvgIpc) is 2.64. The van der Waals surface area contributed by atoms with Crippen LogP contribution in [0.3, 0.4) is 0 Å². The van der Waals surface area contributed by atoms with Crippen molar-refractivity contribution in [3.8, 4) is 0 Å². The SMILES string of the molecule is CC1(Cn2c(CO)nc3cc(N)ccc32)CCC1. The van der Waals surface area contributed by atoms with Crippen molar-refractivity contribution in [3.63, 3.8) is 0 Å². The lowest BCUT2D eigenvalue weighted by Gasteiger charge is -2.39. The highest BCUT2D eigenvalue weighted by Gasteiger charge is 2.33. The van der Waals surface area contributed by atoms with Crippen LogP contribution in [0.4, 0.5) is 5.69 Å². The normalized spacial score (nSPS) is 17.9. The van der Waals surface area contributed by atoms with Gasteiger partial charge in [-0.25, -0.2) is 4.98 Å². The fraction of sp³-hybridized carbons (Fsp3) is 0.500. The molecule has 0 spiro atoms. The molecule has 0 atom stereocenters. The van der Waals surface area contributed by atoms with Gasteiger partial charge in [-0.3, -0.25) is 0 Å². The van der Waals surface area contributed by atoms with Gasteiger partial charge in [-0.2, -0.15) is 0 Å². The van der Waals surface area contributed by atoms with Crippen molar-refractivity contribution < 1.29 is 5.11 Å². The van der Waals surface area contributed by atoms with Crippen molar-refractivity contribution in [1.82, 2.24) is 9.55 Å². The summed E-state index contributed by atoms with van der Waals surface area (Å²) in [6.07, 6.45) is 3.82. The van der Waals surface area contributed by atoms with E-state index in [1.807, 2.05) is 18.2 Å². The molecule has 0 amide bonds. The standard InChI is InChI=1S/C14H19N3O/c1-14(5-2-6-14)9-17-12-4-3-10(15)7-11(12)16-13(17)8-18/h3-4,7,18H,2,5-6,8-9,15H2,1H3. The Balaban J connectivity index is 2.07. The molecule has 4 nitrogen and oxygen atoms in total. The van der Waals surface area contributed by atoms with Gasteiger partial charge in [0.2, 0.25) is 0 Å². The topological polar surface area (TPSA) is 64.1 Å². The molecule has 0 saturated heterocycles. The van der Waals surface area contributed by atoms with Crippen LogP contribution in [0.5, 0.6) is 0 Å². The number of hydrogen-bond acceptors (Lipinski definition) is 3. The zero-order valence-electron chi connectivity index (χ0n) is 10.7. The lowest BCUT2D eigenvalue weighted by Crippen LogP contribution is -2.31. The Kier molecular flexibility index (Phi) is 2.55.